The van der Waals surface area contributed by atoms with Crippen molar-refractivity contribution in [3.63, 3.8) is 0 Å². The molecule has 2 aromatic heterocycles. The first-order chi connectivity index (χ1) is 14.5. The van der Waals surface area contributed by atoms with E-state index in [1.165, 1.54) is 13.2 Å². The Kier molecular flexibility index (Phi) is 5.33. The molecule has 0 aliphatic carbocycles. The number of benzene rings is 1. The summed E-state index contributed by atoms with van der Waals surface area (Å²) in [5.41, 5.74) is 2.90. The summed E-state index contributed by atoms with van der Waals surface area (Å²) < 4.78 is 11.9. The summed E-state index contributed by atoms with van der Waals surface area (Å²) >= 11 is 0.875. The van der Waals surface area contributed by atoms with Crippen molar-refractivity contribution < 1.29 is 23.5 Å². The van der Waals surface area contributed by atoms with Gasteiger partial charge in [-0.15, -0.1) is 0 Å². The summed E-state index contributed by atoms with van der Waals surface area (Å²) in [5.74, 6) is -0.683. The number of amides is 2. The summed E-state index contributed by atoms with van der Waals surface area (Å²) in [7, 11) is 1.25. The molecule has 1 aliphatic heterocycles. The Labute approximate surface area is 176 Å². The van der Waals surface area contributed by atoms with Gasteiger partial charge in [-0.3, -0.25) is 14.5 Å². The molecule has 4 rings (SSSR count). The van der Waals surface area contributed by atoms with Gasteiger partial charge in [0.25, 0.3) is 11.1 Å². The van der Waals surface area contributed by atoms with Crippen LogP contribution in [-0.4, -0.2) is 33.7 Å². The van der Waals surface area contributed by atoms with Gasteiger partial charge in [-0.1, -0.05) is 17.7 Å². The average Bonchev–Trinajstić information content (AvgIpc) is 3.45. The molecule has 30 heavy (non-hydrogen) atoms. The van der Waals surface area contributed by atoms with E-state index in [1.807, 2.05) is 54.1 Å². The Bertz CT molecular complexity index is 1160. The van der Waals surface area contributed by atoms with Crippen molar-refractivity contribution in [2.75, 3.05) is 7.11 Å². The minimum atomic E-state index is -0.618. The van der Waals surface area contributed by atoms with Gasteiger partial charge in [0, 0.05) is 17.6 Å². The second-order valence-corrected chi connectivity index (χ2v) is 7.66. The van der Waals surface area contributed by atoms with Crippen LogP contribution < -0.4 is 0 Å². The number of imide groups is 1. The van der Waals surface area contributed by atoms with Crippen LogP contribution in [0.15, 0.2) is 64.1 Å². The van der Waals surface area contributed by atoms with E-state index < -0.39 is 17.1 Å². The fourth-order valence-electron chi connectivity index (χ4n) is 3.05. The molecule has 2 amide bonds. The minimum absolute atomic E-state index is 0.0194. The molecule has 1 aliphatic rings. The fourth-order valence-corrected chi connectivity index (χ4v) is 3.87. The molecular formula is C22H18N2O5S. The number of aryl methyl sites for hydroxylation is 1. The zero-order chi connectivity index (χ0) is 21.3. The number of rotatable bonds is 5. The molecule has 0 saturated carbocycles. The maximum atomic E-state index is 12.8. The highest BCUT2D eigenvalue weighted by molar-refractivity contribution is 8.18. The van der Waals surface area contributed by atoms with Gasteiger partial charge in [0.1, 0.15) is 5.76 Å². The third-order valence-corrected chi connectivity index (χ3v) is 5.51. The first-order valence-corrected chi connectivity index (χ1v) is 9.94. The van der Waals surface area contributed by atoms with E-state index in [2.05, 4.69) is 4.74 Å². The number of esters is 1. The van der Waals surface area contributed by atoms with E-state index in [1.54, 1.807) is 12.1 Å². The van der Waals surface area contributed by atoms with Gasteiger partial charge in [0.15, 0.2) is 0 Å². The van der Waals surface area contributed by atoms with E-state index in [0.717, 1.165) is 33.6 Å². The number of hydrogen-bond donors (Lipinski definition) is 0. The number of thioether (sulfide) groups is 1. The number of hydrogen-bond acceptors (Lipinski definition) is 6. The van der Waals surface area contributed by atoms with Crippen LogP contribution in [0.3, 0.4) is 0 Å². The number of aromatic nitrogens is 1. The van der Waals surface area contributed by atoms with Gasteiger partial charge < -0.3 is 13.7 Å². The molecule has 0 radical (unpaired) electrons. The molecule has 0 spiro atoms. The number of nitrogens with zero attached hydrogens (tertiary/aromatic N) is 2. The zero-order valence-electron chi connectivity index (χ0n) is 16.3. The minimum Gasteiger partial charge on any atom is -0.463 e. The molecule has 1 fully saturated rings. The van der Waals surface area contributed by atoms with Crippen molar-refractivity contribution in [3.8, 4) is 5.69 Å². The normalized spacial score (nSPS) is 15.3. The Balaban J connectivity index is 1.55. The quantitative estimate of drug-likeness (QED) is 0.448. The molecule has 1 saturated heterocycles. The summed E-state index contributed by atoms with van der Waals surface area (Å²) in [4.78, 5) is 38.1. The van der Waals surface area contributed by atoms with Gasteiger partial charge in [0.2, 0.25) is 5.76 Å². The van der Waals surface area contributed by atoms with Crippen molar-refractivity contribution in [2.24, 2.45) is 0 Å². The molecule has 0 unspecified atom stereocenters. The maximum absolute atomic E-state index is 12.8. The molecule has 0 N–H and O–H groups in total. The molecule has 8 heteroatoms. The lowest BCUT2D eigenvalue weighted by Crippen LogP contribution is -2.27. The van der Waals surface area contributed by atoms with Crippen molar-refractivity contribution in [1.82, 2.24) is 9.47 Å². The average molecular weight is 422 g/mol. The standard InChI is InChI=1S/C22H18N2O5S/c1-14-5-7-15(8-6-14)23-11-3-4-16(23)12-19-20(25)24(22(27)30-19)13-17-9-10-18(29-17)21(26)28-2/h3-12H,13H2,1-2H3/b19-12+. The summed E-state index contributed by atoms with van der Waals surface area (Å²) in [6.45, 7) is 1.96. The topological polar surface area (TPSA) is 81.8 Å². The van der Waals surface area contributed by atoms with Crippen molar-refractivity contribution in [1.29, 1.82) is 0 Å². The van der Waals surface area contributed by atoms with Crippen LogP contribution in [0.25, 0.3) is 11.8 Å². The van der Waals surface area contributed by atoms with Gasteiger partial charge in [-0.05, 0) is 61.2 Å². The Morgan fingerprint density at radius 1 is 1.13 bits per heavy atom. The SMILES string of the molecule is COC(=O)c1ccc(CN2C(=O)S/C(=C/c3cccn3-c3ccc(C)cc3)C2=O)o1. The highest BCUT2D eigenvalue weighted by atomic mass is 32.2. The van der Waals surface area contributed by atoms with Crippen LogP contribution in [0.4, 0.5) is 4.79 Å². The third kappa shape index (κ3) is 3.81. The third-order valence-electron chi connectivity index (χ3n) is 4.61. The Morgan fingerprint density at radius 3 is 2.63 bits per heavy atom. The zero-order valence-corrected chi connectivity index (χ0v) is 17.1. The summed E-state index contributed by atoms with van der Waals surface area (Å²) in [6, 6.07) is 14.8. The lowest BCUT2D eigenvalue weighted by Gasteiger charge is -2.10. The second-order valence-electron chi connectivity index (χ2n) is 6.66. The predicted octanol–water partition coefficient (Wildman–Crippen LogP) is 4.40. The number of carbonyl (C=O) groups excluding carboxylic acids is 3. The lowest BCUT2D eigenvalue weighted by molar-refractivity contribution is -0.123. The number of furan rings is 1. The van der Waals surface area contributed by atoms with Crippen LogP contribution in [-0.2, 0) is 16.1 Å². The highest BCUT2D eigenvalue weighted by Crippen LogP contribution is 2.34. The van der Waals surface area contributed by atoms with E-state index in [0.29, 0.717) is 10.7 Å². The van der Waals surface area contributed by atoms with Crippen LogP contribution in [0.2, 0.25) is 0 Å². The number of ether oxygens (including phenoxy) is 1. The molecule has 0 bridgehead atoms. The van der Waals surface area contributed by atoms with E-state index in [-0.39, 0.29) is 12.3 Å². The van der Waals surface area contributed by atoms with Crippen LogP contribution in [0, 0.1) is 6.92 Å². The van der Waals surface area contributed by atoms with Crippen molar-refractivity contribution in [3.05, 3.63) is 82.4 Å². The van der Waals surface area contributed by atoms with Crippen LogP contribution in [0.1, 0.15) is 27.6 Å². The van der Waals surface area contributed by atoms with Gasteiger partial charge in [-0.25, -0.2) is 4.79 Å². The number of methoxy groups -OCH3 is 1. The smallest absolute Gasteiger partial charge is 0.373 e. The fraction of sp³-hybridized carbons (Fsp3) is 0.136. The van der Waals surface area contributed by atoms with Crippen molar-refractivity contribution in [2.45, 2.75) is 13.5 Å². The van der Waals surface area contributed by atoms with E-state index in [4.69, 9.17) is 4.42 Å². The Hall–Kier alpha value is -3.52. The second kappa shape index (κ2) is 8.08. The maximum Gasteiger partial charge on any atom is 0.373 e. The molecular weight excluding hydrogens is 404 g/mol. The summed E-state index contributed by atoms with van der Waals surface area (Å²) in [5, 5.41) is -0.393. The van der Waals surface area contributed by atoms with Crippen LogP contribution in [0.5, 0.6) is 0 Å². The first-order valence-electron chi connectivity index (χ1n) is 9.13. The molecule has 0 atom stereocenters. The molecule has 7 nitrogen and oxygen atoms in total. The highest BCUT2D eigenvalue weighted by Gasteiger charge is 2.36. The predicted molar refractivity (Wildman–Crippen MR) is 112 cm³/mol. The molecule has 1 aromatic carbocycles. The van der Waals surface area contributed by atoms with Gasteiger partial charge >= 0.3 is 5.97 Å². The molecule has 152 valence electrons. The Morgan fingerprint density at radius 2 is 1.90 bits per heavy atom. The molecule has 3 heterocycles. The summed E-state index contributed by atoms with van der Waals surface area (Å²) in [6.07, 6.45) is 3.60. The van der Waals surface area contributed by atoms with E-state index >= 15 is 0 Å². The first kappa shape index (κ1) is 19.8. The van der Waals surface area contributed by atoms with E-state index in [9.17, 15) is 14.4 Å². The lowest BCUT2D eigenvalue weighted by atomic mass is 10.2. The molecule has 3 aromatic rings. The van der Waals surface area contributed by atoms with Gasteiger partial charge in [-0.2, -0.15) is 0 Å². The van der Waals surface area contributed by atoms with Crippen LogP contribution >= 0.6 is 11.8 Å². The van der Waals surface area contributed by atoms with Crippen molar-refractivity contribution >= 4 is 35.0 Å². The monoisotopic (exact) mass is 422 g/mol. The van der Waals surface area contributed by atoms with Gasteiger partial charge in [0.05, 0.1) is 18.6 Å². The largest absolute Gasteiger partial charge is 0.463 e. The number of carbonyl (C=O) groups is 3.